The Morgan fingerprint density at radius 2 is 2.17 bits per heavy atom. The van der Waals surface area contributed by atoms with E-state index in [0.29, 0.717) is 6.61 Å². The SMILES string of the molecule is CCOc1ccccc1-c1csc(C(C)NC)n1. The Bertz CT molecular complexity index is 510. The maximum atomic E-state index is 5.64. The van der Waals surface area contributed by atoms with E-state index in [-0.39, 0.29) is 6.04 Å². The van der Waals surface area contributed by atoms with E-state index in [0.717, 1.165) is 22.0 Å². The van der Waals surface area contributed by atoms with Gasteiger partial charge in [0, 0.05) is 10.9 Å². The first-order valence-corrected chi connectivity index (χ1v) is 6.99. The maximum absolute atomic E-state index is 5.64. The third-order valence-corrected chi connectivity index (χ3v) is 3.82. The molecule has 0 spiro atoms. The number of para-hydroxylation sites is 1. The molecule has 1 N–H and O–H groups in total. The number of ether oxygens (including phenoxy) is 1. The molecule has 2 rings (SSSR count). The van der Waals surface area contributed by atoms with Crippen molar-refractivity contribution in [3.05, 3.63) is 34.7 Å². The molecule has 4 heteroatoms. The smallest absolute Gasteiger partial charge is 0.128 e. The van der Waals surface area contributed by atoms with Crippen LogP contribution in [0, 0.1) is 0 Å². The van der Waals surface area contributed by atoms with E-state index in [4.69, 9.17) is 4.74 Å². The largest absolute Gasteiger partial charge is 0.493 e. The fourth-order valence-corrected chi connectivity index (χ4v) is 2.58. The van der Waals surface area contributed by atoms with Crippen LogP contribution in [-0.2, 0) is 0 Å². The third-order valence-electron chi connectivity index (χ3n) is 2.79. The highest BCUT2D eigenvalue weighted by atomic mass is 32.1. The fraction of sp³-hybridized carbons (Fsp3) is 0.357. The molecule has 0 aliphatic heterocycles. The van der Waals surface area contributed by atoms with E-state index in [9.17, 15) is 0 Å². The van der Waals surface area contributed by atoms with Crippen LogP contribution in [0.2, 0.25) is 0 Å². The number of hydrogen-bond donors (Lipinski definition) is 1. The Kier molecular flexibility index (Phi) is 4.33. The van der Waals surface area contributed by atoms with E-state index < -0.39 is 0 Å². The van der Waals surface area contributed by atoms with Gasteiger partial charge in [0.05, 0.1) is 18.3 Å². The summed E-state index contributed by atoms with van der Waals surface area (Å²) in [6.07, 6.45) is 0. The van der Waals surface area contributed by atoms with Crippen molar-refractivity contribution in [1.82, 2.24) is 10.3 Å². The molecule has 1 atom stereocenters. The van der Waals surface area contributed by atoms with Crippen molar-refractivity contribution in [3.63, 3.8) is 0 Å². The van der Waals surface area contributed by atoms with Crippen LogP contribution in [0.15, 0.2) is 29.6 Å². The molecule has 0 aliphatic carbocycles. The standard InChI is InChI=1S/C14H18N2OS/c1-4-17-13-8-6-5-7-11(13)12-9-18-14(16-12)10(2)15-3/h5-10,15H,4H2,1-3H3. The van der Waals surface area contributed by atoms with Crippen molar-refractivity contribution in [2.75, 3.05) is 13.7 Å². The van der Waals surface area contributed by atoms with Gasteiger partial charge in [0.2, 0.25) is 0 Å². The van der Waals surface area contributed by atoms with Crippen LogP contribution in [0.3, 0.4) is 0 Å². The van der Waals surface area contributed by atoms with Crippen molar-refractivity contribution in [2.45, 2.75) is 19.9 Å². The minimum absolute atomic E-state index is 0.281. The highest BCUT2D eigenvalue weighted by Gasteiger charge is 2.12. The quantitative estimate of drug-likeness (QED) is 0.895. The molecule has 96 valence electrons. The monoisotopic (exact) mass is 262 g/mol. The van der Waals surface area contributed by atoms with Gasteiger partial charge < -0.3 is 10.1 Å². The maximum Gasteiger partial charge on any atom is 0.128 e. The van der Waals surface area contributed by atoms with Crippen molar-refractivity contribution >= 4 is 11.3 Å². The minimum Gasteiger partial charge on any atom is -0.493 e. The Balaban J connectivity index is 2.33. The topological polar surface area (TPSA) is 34.1 Å². The zero-order valence-electron chi connectivity index (χ0n) is 10.9. The molecule has 1 aromatic carbocycles. The lowest BCUT2D eigenvalue weighted by molar-refractivity contribution is 0.341. The molecule has 0 fully saturated rings. The Hall–Kier alpha value is -1.39. The molecule has 0 radical (unpaired) electrons. The van der Waals surface area contributed by atoms with Crippen molar-refractivity contribution in [2.24, 2.45) is 0 Å². The lowest BCUT2D eigenvalue weighted by atomic mass is 10.1. The molecule has 1 heterocycles. The second kappa shape index (κ2) is 5.98. The molecule has 1 aromatic heterocycles. The lowest BCUT2D eigenvalue weighted by Crippen LogP contribution is -2.11. The van der Waals surface area contributed by atoms with Crippen LogP contribution >= 0.6 is 11.3 Å². The van der Waals surface area contributed by atoms with E-state index in [1.165, 1.54) is 0 Å². The average molecular weight is 262 g/mol. The summed E-state index contributed by atoms with van der Waals surface area (Å²) in [5.41, 5.74) is 2.05. The molecule has 0 saturated heterocycles. The minimum atomic E-state index is 0.281. The lowest BCUT2D eigenvalue weighted by Gasteiger charge is -2.08. The van der Waals surface area contributed by atoms with Crippen molar-refractivity contribution < 1.29 is 4.74 Å². The molecule has 0 bridgehead atoms. The average Bonchev–Trinajstić information content (AvgIpc) is 2.88. The van der Waals surface area contributed by atoms with Crippen LogP contribution in [0.25, 0.3) is 11.3 Å². The molecule has 0 saturated carbocycles. The van der Waals surface area contributed by atoms with Gasteiger partial charge in [0.25, 0.3) is 0 Å². The summed E-state index contributed by atoms with van der Waals surface area (Å²) in [5, 5.41) is 6.38. The summed E-state index contributed by atoms with van der Waals surface area (Å²) in [6, 6.07) is 8.31. The third kappa shape index (κ3) is 2.71. The summed E-state index contributed by atoms with van der Waals surface area (Å²) >= 11 is 1.67. The summed E-state index contributed by atoms with van der Waals surface area (Å²) < 4.78 is 5.64. The number of benzene rings is 1. The Morgan fingerprint density at radius 3 is 2.89 bits per heavy atom. The second-order valence-corrected chi connectivity index (χ2v) is 4.90. The van der Waals surface area contributed by atoms with Crippen LogP contribution in [-0.4, -0.2) is 18.6 Å². The summed E-state index contributed by atoms with van der Waals surface area (Å²) in [7, 11) is 1.94. The molecule has 1 unspecified atom stereocenters. The van der Waals surface area contributed by atoms with E-state index in [2.05, 4.69) is 22.6 Å². The summed E-state index contributed by atoms with van der Waals surface area (Å²) in [4.78, 5) is 4.67. The molecule has 0 aliphatic rings. The van der Waals surface area contributed by atoms with Crippen LogP contribution < -0.4 is 10.1 Å². The predicted octanol–water partition coefficient (Wildman–Crippen LogP) is 3.49. The van der Waals surface area contributed by atoms with Gasteiger partial charge in [-0.05, 0) is 33.0 Å². The first-order valence-electron chi connectivity index (χ1n) is 6.11. The molecule has 18 heavy (non-hydrogen) atoms. The first kappa shape index (κ1) is 13.1. The fourth-order valence-electron chi connectivity index (χ4n) is 1.69. The van der Waals surface area contributed by atoms with Crippen molar-refractivity contribution in [3.8, 4) is 17.0 Å². The highest BCUT2D eigenvalue weighted by Crippen LogP contribution is 2.31. The first-order chi connectivity index (χ1) is 8.76. The van der Waals surface area contributed by atoms with Crippen LogP contribution in [0.5, 0.6) is 5.75 Å². The van der Waals surface area contributed by atoms with E-state index in [1.54, 1.807) is 11.3 Å². The van der Waals surface area contributed by atoms with Gasteiger partial charge in [-0.2, -0.15) is 0 Å². The normalized spacial score (nSPS) is 12.4. The zero-order valence-corrected chi connectivity index (χ0v) is 11.8. The van der Waals surface area contributed by atoms with Crippen LogP contribution in [0.4, 0.5) is 0 Å². The van der Waals surface area contributed by atoms with Gasteiger partial charge in [-0.3, -0.25) is 0 Å². The number of hydrogen-bond acceptors (Lipinski definition) is 4. The summed E-state index contributed by atoms with van der Waals surface area (Å²) in [5.74, 6) is 0.897. The number of aromatic nitrogens is 1. The van der Waals surface area contributed by atoms with Gasteiger partial charge >= 0.3 is 0 Å². The van der Waals surface area contributed by atoms with Gasteiger partial charge in [-0.1, -0.05) is 12.1 Å². The van der Waals surface area contributed by atoms with Gasteiger partial charge in [0.15, 0.2) is 0 Å². The van der Waals surface area contributed by atoms with Crippen molar-refractivity contribution in [1.29, 1.82) is 0 Å². The number of nitrogens with one attached hydrogen (secondary N) is 1. The number of nitrogens with zero attached hydrogens (tertiary/aromatic N) is 1. The molecule has 3 nitrogen and oxygen atoms in total. The van der Waals surface area contributed by atoms with Gasteiger partial charge in [0.1, 0.15) is 10.8 Å². The summed E-state index contributed by atoms with van der Waals surface area (Å²) in [6.45, 7) is 4.77. The van der Waals surface area contributed by atoms with E-state index >= 15 is 0 Å². The van der Waals surface area contributed by atoms with Gasteiger partial charge in [-0.25, -0.2) is 4.98 Å². The molecule has 0 amide bonds. The molecular weight excluding hydrogens is 244 g/mol. The van der Waals surface area contributed by atoms with E-state index in [1.807, 2.05) is 38.2 Å². The van der Waals surface area contributed by atoms with Gasteiger partial charge in [-0.15, -0.1) is 11.3 Å². The second-order valence-electron chi connectivity index (χ2n) is 4.01. The highest BCUT2D eigenvalue weighted by molar-refractivity contribution is 7.10. The Morgan fingerprint density at radius 1 is 1.39 bits per heavy atom. The Labute approximate surface area is 112 Å². The molecular formula is C14H18N2OS. The zero-order chi connectivity index (χ0) is 13.0. The molecule has 2 aromatic rings. The predicted molar refractivity (Wildman–Crippen MR) is 76.2 cm³/mol. The number of thiazole rings is 1. The van der Waals surface area contributed by atoms with Crippen LogP contribution in [0.1, 0.15) is 24.9 Å². The number of rotatable bonds is 5.